The van der Waals surface area contributed by atoms with Crippen LogP contribution in [0.15, 0.2) is 28.7 Å². The molecule has 1 aromatic carbocycles. The molecule has 0 saturated heterocycles. The molecule has 3 nitrogen and oxygen atoms in total. The van der Waals surface area contributed by atoms with Crippen LogP contribution < -0.4 is 9.64 Å². The molecule has 0 fully saturated rings. The van der Waals surface area contributed by atoms with Gasteiger partial charge in [0.15, 0.2) is 0 Å². The van der Waals surface area contributed by atoms with E-state index in [-0.39, 0.29) is 0 Å². The third kappa shape index (κ3) is 2.80. The Kier molecular flexibility index (Phi) is 4.33. The van der Waals surface area contributed by atoms with Crippen molar-refractivity contribution in [3.05, 3.63) is 45.6 Å². The standard InChI is InChI=1S/C16H19BrN2O/c1-10-8-11(2)16(14(9-10)20-5)19(4)15-7-6-13(17)12(3)18-15/h6-9H,1-5H3. The summed E-state index contributed by atoms with van der Waals surface area (Å²) in [5.41, 5.74) is 4.38. The smallest absolute Gasteiger partial charge is 0.143 e. The summed E-state index contributed by atoms with van der Waals surface area (Å²) in [6.45, 7) is 6.15. The third-order valence-electron chi connectivity index (χ3n) is 3.32. The van der Waals surface area contributed by atoms with E-state index in [1.165, 1.54) is 11.1 Å². The number of halogens is 1. The van der Waals surface area contributed by atoms with Crippen molar-refractivity contribution in [2.24, 2.45) is 0 Å². The van der Waals surface area contributed by atoms with Gasteiger partial charge in [-0.2, -0.15) is 0 Å². The molecule has 1 heterocycles. The Balaban J connectivity index is 2.52. The Morgan fingerprint density at radius 2 is 1.85 bits per heavy atom. The summed E-state index contributed by atoms with van der Waals surface area (Å²) in [4.78, 5) is 6.67. The number of ether oxygens (including phenoxy) is 1. The van der Waals surface area contributed by atoms with Crippen molar-refractivity contribution >= 4 is 27.4 Å². The molecule has 106 valence electrons. The first-order valence-electron chi connectivity index (χ1n) is 6.46. The van der Waals surface area contributed by atoms with E-state index in [2.05, 4.69) is 45.7 Å². The Morgan fingerprint density at radius 3 is 2.45 bits per heavy atom. The minimum absolute atomic E-state index is 0.868. The molecule has 1 aromatic heterocycles. The maximum atomic E-state index is 5.52. The summed E-state index contributed by atoms with van der Waals surface area (Å²) in [7, 11) is 3.71. The van der Waals surface area contributed by atoms with E-state index in [1.807, 2.05) is 32.2 Å². The average molecular weight is 335 g/mol. The second kappa shape index (κ2) is 5.83. The summed E-state index contributed by atoms with van der Waals surface area (Å²) in [6, 6.07) is 8.21. The van der Waals surface area contributed by atoms with Gasteiger partial charge >= 0.3 is 0 Å². The monoisotopic (exact) mass is 334 g/mol. The van der Waals surface area contributed by atoms with Gasteiger partial charge in [-0.15, -0.1) is 0 Å². The van der Waals surface area contributed by atoms with Crippen LogP contribution in [-0.2, 0) is 0 Å². The van der Waals surface area contributed by atoms with E-state index in [0.717, 1.165) is 27.4 Å². The van der Waals surface area contributed by atoms with Crippen LogP contribution in [0.4, 0.5) is 11.5 Å². The Labute approximate surface area is 128 Å². The lowest BCUT2D eigenvalue weighted by atomic mass is 10.1. The summed E-state index contributed by atoms with van der Waals surface area (Å²) in [5, 5.41) is 0. The quantitative estimate of drug-likeness (QED) is 0.823. The average Bonchev–Trinajstić information content (AvgIpc) is 2.40. The first-order chi connectivity index (χ1) is 9.43. The van der Waals surface area contributed by atoms with Crippen LogP contribution in [0.3, 0.4) is 0 Å². The number of anilines is 2. The van der Waals surface area contributed by atoms with Gasteiger partial charge in [0, 0.05) is 11.5 Å². The Hall–Kier alpha value is -1.55. The van der Waals surface area contributed by atoms with Crippen molar-refractivity contribution in [2.75, 3.05) is 19.1 Å². The fourth-order valence-electron chi connectivity index (χ4n) is 2.34. The van der Waals surface area contributed by atoms with Gasteiger partial charge in [0.1, 0.15) is 11.6 Å². The number of hydrogen-bond acceptors (Lipinski definition) is 3. The van der Waals surface area contributed by atoms with Crippen molar-refractivity contribution in [2.45, 2.75) is 20.8 Å². The van der Waals surface area contributed by atoms with Gasteiger partial charge in [-0.25, -0.2) is 4.98 Å². The van der Waals surface area contributed by atoms with Gasteiger partial charge in [0.05, 0.1) is 18.5 Å². The Bertz CT molecular complexity index is 641. The molecule has 0 bridgehead atoms. The summed E-state index contributed by atoms with van der Waals surface area (Å²) < 4.78 is 6.54. The van der Waals surface area contributed by atoms with E-state index < -0.39 is 0 Å². The van der Waals surface area contributed by atoms with Crippen LogP contribution in [0.5, 0.6) is 5.75 Å². The zero-order valence-corrected chi connectivity index (χ0v) is 14.1. The number of rotatable bonds is 3. The Morgan fingerprint density at radius 1 is 1.15 bits per heavy atom. The number of pyridine rings is 1. The molecule has 4 heteroatoms. The lowest BCUT2D eigenvalue weighted by Gasteiger charge is -2.24. The molecule has 0 aliphatic carbocycles. The van der Waals surface area contributed by atoms with E-state index in [0.29, 0.717) is 0 Å². The number of benzene rings is 1. The summed E-state index contributed by atoms with van der Waals surface area (Å²) in [6.07, 6.45) is 0. The number of hydrogen-bond donors (Lipinski definition) is 0. The summed E-state index contributed by atoms with van der Waals surface area (Å²) >= 11 is 3.48. The summed E-state index contributed by atoms with van der Waals surface area (Å²) in [5.74, 6) is 1.77. The molecule has 0 saturated carbocycles. The van der Waals surface area contributed by atoms with Crippen LogP contribution in [0.1, 0.15) is 16.8 Å². The molecule has 2 aromatic rings. The van der Waals surface area contributed by atoms with Crippen molar-refractivity contribution in [3.63, 3.8) is 0 Å². The van der Waals surface area contributed by atoms with E-state index in [4.69, 9.17) is 4.74 Å². The fourth-order valence-corrected chi connectivity index (χ4v) is 2.56. The minimum Gasteiger partial charge on any atom is -0.495 e. The predicted molar refractivity (Wildman–Crippen MR) is 87.2 cm³/mol. The van der Waals surface area contributed by atoms with E-state index >= 15 is 0 Å². The maximum Gasteiger partial charge on any atom is 0.143 e. The molecular weight excluding hydrogens is 316 g/mol. The van der Waals surface area contributed by atoms with Crippen LogP contribution in [0.2, 0.25) is 0 Å². The van der Waals surface area contributed by atoms with Gasteiger partial charge in [0.25, 0.3) is 0 Å². The minimum atomic E-state index is 0.868. The van der Waals surface area contributed by atoms with Crippen molar-refractivity contribution in [1.82, 2.24) is 4.98 Å². The van der Waals surface area contributed by atoms with Crippen LogP contribution in [-0.4, -0.2) is 19.1 Å². The third-order valence-corrected chi connectivity index (χ3v) is 4.15. The van der Waals surface area contributed by atoms with Crippen molar-refractivity contribution < 1.29 is 4.74 Å². The number of aryl methyl sites for hydroxylation is 3. The largest absolute Gasteiger partial charge is 0.495 e. The molecule has 2 rings (SSSR count). The molecular formula is C16H19BrN2O. The molecule has 0 amide bonds. The highest BCUT2D eigenvalue weighted by atomic mass is 79.9. The second-order valence-electron chi connectivity index (χ2n) is 4.93. The molecule has 0 spiro atoms. The first-order valence-corrected chi connectivity index (χ1v) is 7.25. The van der Waals surface area contributed by atoms with Crippen LogP contribution >= 0.6 is 15.9 Å². The topological polar surface area (TPSA) is 25.4 Å². The van der Waals surface area contributed by atoms with Gasteiger partial charge in [0.2, 0.25) is 0 Å². The molecule has 0 unspecified atom stereocenters. The van der Waals surface area contributed by atoms with Gasteiger partial charge in [-0.3, -0.25) is 0 Å². The highest BCUT2D eigenvalue weighted by Crippen LogP contribution is 2.36. The number of methoxy groups -OCH3 is 1. The van der Waals surface area contributed by atoms with Crippen LogP contribution in [0.25, 0.3) is 0 Å². The second-order valence-corrected chi connectivity index (χ2v) is 5.78. The highest BCUT2D eigenvalue weighted by molar-refractivity contribution is 9.10. The van der Waals surface area contributed by atoms with Gasteiger partial charge in [-0.1, -0.05) is 6.07 Å². The van der Waals surface area contributed by atoms with E-state index in [9.17, 15) is 0 Å². The van der Waals surface area contributed by atoms with Gasteiger partial charge in [-0.05, 0) is 66.0 Å². The normalized spacial score (nSPS) is 10.5. The number of nitrogens with zero attached hydrogens (tertiary/aromatic N) is 2. The molecule has 0 atom stereocenters. The lowest BCUT2D eigenvalue weighted by molar-refractivity contribution is 0.415. The molecule has 20 heavy (non-hydrogen) atoms. The van der Waals surface area contributed by atoms with Gasteiger partial charge < -0.3 is 9.64 Å². The number of aromatic nitrogens is 1. The predicted octanol–water partition coefficient (Wildman–Crippen LogP) is 4.55. The van der Waals surface area contributed by atoms with Crippen molar-refractivity contribution in [3.8, 4) is 5.75 Å². The highest BCUT2D eigenvalue weighted by Gasteiger charge is 2.15. The zero-order valence-electron chi connectivity index (χ0n) is 12.5. The lowest BCUT2D eigenvalue weighted by Crippen LogP contribution is -2.14. The van der Waals surface area contributed by atoms with E-state index in [1.54, 1.807) is 7.11 Å². The SMILES string of the molecule is COc1cc(C)cc(C)c1N(C)c1ccc(Br)c(C)n1. The fraction of sp³-hybridized carbons (Fsp3) is 0.312. The molecule has 0 radical (unpaired) electrons. The zero-order chi connectivity index (χ0) is 14.9. The maximum absolute atomic E-state index is 5.52. The molecule has 0 N–H and O–H groups in total. The first kappa shape index (κ1) is 14.9. The molecule has 0 aliphatic heterocycles. The molecule has 0 aliphatic rings. The van der Waals surface area contributed by atoms with Crippen LogP contribution in [0, 0.1) is 20.8 Å². The van der Waals surface area contributed by atoms with Crippen molar-refractivity contribution in [1.29, 1.82) is 0 Å².